The highest BCUT2D eigenvalue weighted by molar-refractivity contribution is 6.00. The number of urea groups is 1. The highest BCUT2D eigenvalue weighted by atomic mass is 19.1. The van der Waals surface area contributed by atoms with Gasteiger partial charge in [-0.2, -0.15) is 0 Å². The van der Waals surface area contributed by atoms with Crippen molar-refractivity contribution in [2.75, 3.05) is 29.9 Å². The van der Waals surface area contributed by atoms with E-state index in [1.54, 1.807) is 24.3 Å². The van der Waals surface area contributed by atoms with Crippen LogP contribution in [0.25, 0.3) is 22.0 Å². The normalized spacial score (nSPS) is 15.9. The minimum Gasteiger partial charge on any atom is -0.351 e. The highest BCUT2D eigenvalue weighted by Crippen LogP contribution is 2.32. The molecular formula is C27H25F2N5O. The van der Waals surface area contributed by atoms with Gasteiger partial charge in [0.05, 0.1) is 6.04 Å². The lowest BCUT2D eigenvalue weighted by Gasteiger charge is -2.41. The molecule has 178 valence electrons. The molecule has 2 amide bonds. The van der Waals surface area contributed by atoms with Gasteiger partial charge in [-0.05, 0) is 55.0 Å². The van der Waals surface area contributed by atoms with E-state index in [4.69, 9.17) is 0 Å². The van der Waals surface area contributed by atoms with E-state index >= 15 is 0 Å². The van der Waals surface area contributed by atoms with Crippen molar-refractivity contribution in [3.8, 4) is 11.3 Å². The molecule has 0 bridgehead atoms. The summed E-state index contributed by atoms with van der Waals surface area (Å²) in [5.41, 5.74) is 2.06. The number of nitrogens with one attached hydrogen (secondary N) is 1. The first-order valence-electron chi connectivity index (χ1n) is 11.6. The lowest BCUT2D eigenvalue weighted by atomic mass is 10.0. The fourth-order valence-corrected chi connectivity index (χ4v) is 4.54. The molecule has 1 aromatic heterocycles. The Hall–Kier alpha value is -4.07. The van der Waals surface area contributed by atoms with Gasteiger partial charge in [-0.1, -0.05) is 31.2 Å². The van der Waals surface area contributed by atoms with E-state index in [9.17, 15) is 13.6 Å². The van der Waals surface area contributed by atoms with E-state index < -0.39 is 0 Å². The van der Waals surface area contributed by atoms with E-state index in [-0.39, 0.29) is 23.7 Å². The topological polar surface area (TPSA) is 61.4 Å². The van der Waals surface area contributed by atoms with Crippen LogP contribution in [0, 0.1) is 11.6 Å². The van der Waals surface area contributed by atoms with Gasteiger partial charge in [0.25, 0.3) is 0 Å². The molecule has 1 N–H and O–H groups in total. The van der Waals surface area contributed by atoms with E-state index in [1.165, 1.54) is 24.3 Å². The largest absolute Gasteiger partial charge is 0.351 e. The van der Waals surface area contributed by atoms with Crippen LogP contribution in [0.2, 0.25) is 0 Å². The van der Waals surface area contributed by atoms with Crippen LogP contribution in [0.1, 0.15) is 13.3 Å². The van der Waals surface area contributed by atoms with Crippen molar-refractivity contribution in [1.29, 1.82) is 0 Å². The second kappa shape index (κ2) is 9.66. The molecule has 1 aliphatic heterocycles. The molecule has 2 heterocycles. The van der Waals surface area contributed by atoms with E-state index in [1.807, 2.05) is 36.1 Å². The number of anilines is 2. The van der Waals surface area contributed by atoms with Crippen LogP contribution in [0.4, 0.5) is 25.1 Å². The van der Waals surface area contributed by atoms with E-state index in [2.05, 4.69) is 20.4 Å². The number of piperazine rings is 1. The first-order valence-corrected chi connectivity index (χ1v) is 11.6. The Bertz CT molecular complexity index is 1340. The summed E-state index contributed by atoms with van der Waals surface area (Å²) in [4.78, 5) is 16.9. The third-order valence-electron chi connectivity index (χ3n) is 6.40. The smallest absolute Gasteiger partial charge is 0.322 e. The van der Waals surface area contributed by atoms with Crippen LogP contribution < -0.4 is 10.2 Å². The van der Waals surface area contributed by atoms with Gasteiger partial charge in [0.1, 0.15) is 17.3 Å². The lowest BCUT2D eigenvalue weighted by molar-refractivity contribution is 0.176. The van der Waals surface area contributed by atoms with Crippen molar-refractivity contribution in [1.82, 2.24) is 15.1 Å². The minimum absolute atomic E-state index is 0.0264. The molecule has 8 heteroatoms. The molecule has 1 unspecified atom stereocenters. The molecule has 1 fully saturated rings. The summed E-state index contributed by atoms with van der Waals surface area (Å²) in [6.07, 6.45) is 0.770. The highest BCUT2D eigenvalue weighted by Gasteiger charge is 2.31. The maximum atomic E-state index is 13.4. The van der Waals surface area contributed by atoms with Gasteiger partial charge >= 0.3 is 6.03 Å². The quantitative estimate of drug-likeness (QED) is 0.413. The first-order chi connectivity index (χ1) is 17.0. The van der Waals surface area contributed by atoms with Crippen LogP contribution in [-0.4, -0.2) is 46.8 Å². The number of hydrogen-bond donors (Lipinski definition) is 1. The molecule has 1 aliphatic rings. The van der Waals surface area contributed by atoms with Crippen molar-refractivity contribution < 1.29 is 13.6 Å². The van der Waals surface area contributed by atoms with Crippen LogP contribution in [0.15, 0.2) is 72.8 Å². The number of benzene rings is 3. The van der Waals surface area contributed by atoms with Gasteiger partial charge in [0, 0.05) is 41.7 Å². The fraction of sp³-hybridized carbons (Fsp3) is 0.222. The molecule has 0 radical (unpaired) electrons. The minimum atomic E-state index is -0.346. The molecule has 5 rings (SSSR count). The molecule has 0 aliphatic carbocycles. The maximum absolute atomic E-state index is 13.4. The standard InChI is InChI=1S/C27H25F2N5O/c1-2-22-17-33(15-16-34(22)27(35)30-21-13-11-20(29)12-14-21)26-24-6-4-3-5-23(24)25(31-32-26)18-7-9-19(28)10-8-18/h3-14,22H,2,15-17H2,1H3,(H,30,35). The number of hydrogen-bond acceptors (Lipinski definition) is 4. The Morgan fingerprint density at radius 2 is 1.57 bits per heavy atom. The van der Waals surface area contributed by atoms with Crippen molar-refractivity contribution in [2.45, 2.75) is 19.4 Å². The zero-order valence-electron chi connectivity index (χ0n) is 19.3. The third-order valence-corrected chi connectivity index (χ3v) is 6.40. The molecule has 35 heavy (non-hydrogen) atoms. The summed E-state index contributed by atoms with van der Waals surface area (Å²) in [6, 6.07) is 19.7. The van der Waals surface area contributed by atoms with Gasteiger partial charge in [0.2, 0.25) is 0 Å². The predicted octanol–water partition coefficient (Wildman–Crippen LogP) is 5.71. The lowest BCUT2D eigenvalue weighted by Crippen LogP contribution is -2.56. The summed E-state index contributed by atoms with van der Waals surface area (Å²) >= 11 is 0. The number of halogens is 2. The molecule has 3 aromatic carbocycles. The van der Waals surface area contributed by atoms with Crippen molar-refractivity contribution in [2.24, 2.45) is 0 Å². The maximum Gasteiger partial charge on any atom is 0.322 e. The summed E-state index contributed by atoms with van der Waals surface area (Å²) in [5.74, 6) is 0.125. The molecule has 1 saturated heterocycles. The van der Waals surface area contributed by atoms with Crippen LogP contribution in [-0.2, 0) is 0 Å². The van der Waals surface area contributed by atoms with Crippen LogP contribution in [0.5, 0.6) is 0 Å². The summed E-state index contributed by atoms with van der Waals surface area (Å²) in [6.45, 7) is 3.78. The monoisotopic (exact) mass is 473 g/mol. The number of amides is 2. The van der Waals surface area contributed by atoms with E-state index in [0.717, 1.165) is 28.6 Å². The van der Waals surface area contributed by atoms with Crippen LogP contribution in [0.3, 0.4) is 0 Å². The molecule has 0 spiro atoms. The first kappa shape index (κ1) is 22.7. The Morgan fingerprint density at radius 3 is 2.26 bits per heavy atom. The number of carbonyl (C=O) groups is 1. The van der Waals surface area contributed by atoms with Gasteiger partial charge in [-0.3, -0.25) is 0 Å². The summed E-state index contributed by atoms with van der Waals surface area (Å²) in [5, 5.41) is 13.8. The second-order valence-electron chi connectivity index (χ2n) is 8.56. The van der Waals surface area contributed by atoms with Gasteiger partial charge < -0.3 is 15.1 Å². The molecule has 0 saturated carbocycles. The fourth-order valence-electron chi connectivity index (χ4n) is 4.54. The Kier molecular flexibility index (Phi) is 6.27. The Balaban J connectivity index is 1.39. The van der Waals surface area contributed by atoms with Crippen molar-refractivity contribution >= 4 is 28.3 Å². The molecule has 4 aromatic rings. The summed E-state index contributed by atoms with van der Waals surface area (Å²) < 4.78 is 26.6. The van der Waals surface area contributed by atoms with Gasteiger partial charge in [0.15, 0.2) is 5.82 Å². The number of nitrogens with zero attached hydrogens (tertiary/aromatic N) is 4. The number of rotatable bonds is 4. The SMILES string of the molecule is CCC1CN(c2nnc(-c3ccc(F)cc3)c3ccccc23)CCN1C(=O)Nc1ccc(F)cc1. The van der Waals surface area contributed by atoms with Crippen LogP contribution >= 0.6 is 0 Å². The number of aromatic nitrogens is 2. The summed E-state index contributed by atoms with van der Waals surface area (Å²) in [7, 11) is 0. The van der Waals surface area contributed by atoms with Gasteiger partial charge in [-0.25, -0.2) is 13.6 Å². The molecule has 1 atom stereocenters. The number of carbonyl (C=O) groups excluding carboxylic acids is 1. The average Bonchev–Trinajstić information content (AvgIpc) is 2.89. The zero-order valence-corrected chi connectivity index (χ0v) is 19.3. The Morgan fingerprint density at radius 1 is 0.914 bits per heavy atom. The second-order valence-corrected chi connectivity index (χ2v) is 8.56. The average molecular weight is 474 g/mol. The number of fused-ring (bicyclic) bond motifs is 1. The van der Waals surface area contributed by atoms with Gasteiger partial charge in [-0.15, -0.1) is 10.2 Å². The predicted molar refractivity (Wildman–Crippen MR) is 133 cm³/mol. The van der Waals surface area contributed by atoms with Crippen molar-refractivity contribution in [3.05, 3.63) is 84.4 Å². The third kappa shape index (κ3) is 4.64. The molecule has 6 nitrogen and oxygen atoms in total. The van der Waals surface area contributed by atoms with Crippen molar-refractivity contribution in [3.63, 3.8) is 0 Å². The zero-order chi connectivity index (χ0) is 24.4. The Labute approximate surface area is 202 Å². The molecular weight excluding hydrogens is 448 g/mol. The van der Waals surface area contributed by atoms with E-state index in [0.29, 0.717) is 31.0 Å².